The van der Waals surface area contributed by atoms with Crippen molar-refractivity contribution in [1.82, 2.24) is 14.9 Å². The van der Waals surface area contributed by atoms with Gasteiger partial charge in [-0.1, -0.05) is 25.5 Å². The summed E-state index contributed by atoms with van der Waals surface area (Å²) in [4.78, 5) is 19.8. The van der Waals surface area contributed by atoms with Crippen LogP contribution in [0.3, 0.4) is 0 Å². The fraction of sp³-hybridized carbons (Fsp3) is 0.619. The maximum absolute atomic E-state index is 12.6. The van der Waals surface area contributed by atoms with Gasteiger partial charge in [0.1, 0.15) is 0 Å². The topological polar surface area (TPSA) is 59.4 Å². The number of piperidine rings is 1. The molecule has 1 unspecified atom stereocenters. The SMILES string of the molecule is CCCCn1c(N2CCCC(C(=O)NCCCOC)C2)nc2ccccc21. The molecule has 2 aromatic rings. The number of imidazole rings is 1. The van der Waals surface area contributed by atoms with Crippen molar-refractivity contribution >= 4 is 22.9 Å². The first-order valence-corrected chi connectivity index (χ1v) is 10.2. The molecule has 3 rings (SSSR count). The molecule has 1 fully saturated rings. The minimum absolute atomic E-state index is 0.0285. The van der Waals surface area contributed by atoms with Gasteiger partial charge in [-0.05, 0) is 37.8 Å². The van der Waals surface area contributed by atoms with Crippen molar-refractivity contribution in [2.24, 2.45) is 5.92 Å². The molecule has 0 radical (unpaired) electrons. The molecule has 0 saturated carbocycles. The van der Waals surface area contributed by atoms with Gasteiger partial charge in [-0.3, -0.25) is 4.79 Å². The standard InChI is InChI=1S/C21H32N4O2/c1-3-4-14-25-19-11-6-5-10-18(19)23-21(25)24-13-7-9-17(16-24)20(26)22-12-8-15-27-2/h5-6,10-11,17H,3-4,7-9,12-16H2,1-2H3,(H,22,26). The summed E-state index contributed by atoms with van der Waals surface area (Å²) in [5.74, 6) is 1.20. The second-order valence-electron chi connectivity index (χ2n) is 7.33. The summed E-state index contributed by atoms with van der Waals surface area (Å²) < 4.78 is 7.38. The van der Waals surface area contributed by atoms with E-state index in [0.717, 1.165) is 63.2 Å². The third-order valence-electron chi connectivity index (χ3n) is 5.27. The number of nitrogens with zero attached hydrogens (tertiary/aromatic N) is 3. The molecule has 1 aromatic heterocycles. The van der Waals surface area contributed by atoms with Crippen LogP contribution in [-0.4, -0.2) is 48.8 Å². The Bertz CT molecular complexity index is 743. The Kier molecular flexibility index (Phi) is 7.10. The number of fused-ring (bicyclic) bond motifs is 1. The lowest BCUT2D eigenvalue weighted by Crippen LogP contribution is -2.44. The average Bonchev–Trinajstić information content (AvgIpc) is 3.08. The van der Waals surface area contributed by atoms with Crippen molar-refractivity contribution < 1.29 is 9.53 Å². The summed E-state index contributed by atoms with van der Waals surface area (Å²) >= 11 is 0. The number of methoxy groups -OCH3 is 1. The smallest absolute Gasteiger partial charge is 0.224 e. The normalized spacial score (nSPS) is 17.4. The van der Waals surface area contributed by atoms with E-state index in [1.807, 2.05) is 6.07 Å². The van der Waals surface area contributed by atoms with Crippen LogP contribution in [0.5, 0.6) is 0 Å². The number of carbonyl (C=O) groups is 1. The lowest BCUT2D eigenvalue weighted by Gasteiger charge is -2.33. The van der Waals surface area contributed by atoms with E-state index in [2.05, 4.69) is 39.9 Å². The van der Waals surface area contributed by atoms with Gasteiger partial charge in [-0.2, -0.15) is 0 Å². The lowest BCUT2D eigenvalue weighted by atomic mass is 9.97. The highest BCUT2D eigenvalue weighted by atomic mass is 16.5. The van der Waals surface area contributed by atoms with Crippen LogP contribution in [0.25, 0.3) is 11.0 Å². The second-order valence-corrected chi connectivity index (χ2v) is 7.33. The van der Waals surface area contributed by atoms with Crippen LogP contribution in [0.4, 0.5) is 5.95 Å². The Hall–Kier alpha value is -2.08. The zero-order valence-corrected chi connectivity index (χ0v) is 16.6. The molecule has 148 valence electrons. The fourth-order valence-corrected chi connectivity index (χ4v) is 3.79. The molecule has 1 atom stereocenters. The summed E-state index contributed by atoms with van der Waals surface area (Å²) in [5.41, 5.74) is 2.22. The number of para-hydroxylation sites is 2. The van der Waals surface area contributed by atoms with E-state index in [9.17, 15) is 4.79 Å². The van der Waals surface area contributed by atoms with Crippen molar-refractivity contribution in [2.75, 3.05) is 38.3 Å². The second kappa shape index (κ2) is 9.74. The number of hydrogen-bond acceptors (Lipinski definition) is 4. The number of amides is 1. The number of carbonyl (C=O) groups excluding carboxylic acids is 1. The van der Waals surface area contributed by atoms with E-state index in [0.29, 0.717) is 13.2 Å². The van der Waals surface area contributed by atoms with Gasteiger partial charge in [-0.15, -0.1) is 0 Å². The van der Waals surface area contributed by atoms with Crippen molar-refractivity contribution in [3.8, 4) is 0 Å². The highest BCUT2D eigenvalue weighted by Gasteiger charge is 2.28. The van der Waals surface area contributed by atoms with Gasteiger partial charge in [-0.25, -0.2) is 4.98 Å². The minimum Gasteiger partial charge on any atom is -0.385 e. The van der Waals surface area contributed by atoms with Gasteiger partial charge in [0.05, 0.1) is 17.0 Å². The van der Waals surface area contributed by atoms with Crippen LogP contribution >= 0.6 is 0 Å². The minimum atomic E-state index is 0.0285. The molecule has 1 amide bonds. The van der Waals surface area contributed by atoms with E-state index < -0.39 is 0 Å². The number of unbranched alkanes of at least 4 members (excludes halogenated alkanes) is 1. The van der Waals surface area contributed by atoms with E-state index in [4.69, 9.17) is 9.72 Å². The van der Waals surface area contributed by atoms with Crippen molar-refractivity contribution in [3.05, 3.63) is 24.3 Å². The molecular formula is C21H32N4O2. The Labute approximate surface area is 161 Å². The fourth-order valence-electron chi connectivity index (χ4n) is 3.79. The van der Waals surface area contributed by atoms with Gasteiger partial charge >= 0.3 is 0 Å². The zero-order chi connectivity index (χ0) is 19.1. The Morgan fingerprint density at radius 2 is 2.19 bits per heavy atom. The molecule has 27 heavy (non-hydrogen) atoms. The van der Waals surface area contributed by atoms with Crippen molar-refractivity contribution in [2.45, 2.75) is 45.6 Å². The lowest BCUT2D eigenvalue weighted by molar-refractivity contribution is -0.125. The molecular weight excluding hydrogens is 340 g/mol. The molecule has 0 bridgehead atoms. The van der Waals surface area contributed by atoms with E-state index in [1.54, 1.807) is 7.11 Å². The average molecular weight is 373 g/mol. The van der Waals surface area contributed by atoms with Crippen LogP contribution in [-0.2, 0) is 16.1 Å². The Morgan fingerprint density at radius 3 is 3.00 bits per heavy atom. The molecule has 1 aliphatic heterocycles. The molecule has 2 heterocycles. The zero-order valence-electron chi connectivity index (χ0n) is 16.6. The number of benzene rings is 1. The summed E-state index contributed by atoms with van der Waals surface area (Å²) in [7, 11) is 1.69. The van der Waals surface area contributed by atoms with Gasteiger partial charge in [0, 0.05) is 39.9 Å². The molecule has 1 saturated heterocycles. The summed E-state index contributed by atoms with van der Waals surface area (Å²) in [6.07, 6.45) is 5.10. The number of hydrogen-bond donors (Lipinski definition) is 1. The number of rotatable bonds is 9. The first-order chi connectivity index (χ1) is 13.2. The first-order valence-electron chi connectivity index (χ1n) is 10.2. The third kappa shape index (κ3) is 4.80. The Morgan fingerprint density at radius 1 is 1.33 bits per heavy atom. The number of aryl methyl sites for hydroxylation is 1. The van der Waals surface area contributed by atoms with Gasteiger partial charge in [0.25, 0.3) is 0 Å². The van der Waals surface area contributed by atoms with Crippen LogP contribution in [0.1, 0.15) is 39.0 Å². The van der Waals surface area contributed by atoms with Crippen LogP contribution < -0.4 is 10.2 Å². The largest absolute Gasteiger partial charge is 0.385 e. The van der Waals surface area contributed by atoms with E-state index in [-0.39, 0.29) is 11.8 Å². The molecule has 1 aromatic carbocycles. The maximum Gasteiger partial charge on any atom is 0.224 e. The summed E-state index contributed by atoms with van der Waals surface area (Å²) in [5, 5.41) is 3.06. The predicted molar refractivity (Wildman–Crippen MR) is 109 cm³/mol. The highest BCUT2D eigenvalue weighted by Crippen LogP contribution is 2.27. The Balaban J connectivity index is 1.72. The number of anilines is 1. The highest BCUT2D eigenvalue weighted by molar-refractivity contribution is 5.81. The first kappa shape index (κ1) is 19.7. The molecule has 1 N–H and O–H groups in total. The van der Waals surface area contributed by atoms with Crippen LogP contribution in [0.15, 0.2) is 24.3 Å². The van der Waals surface area contributed by atoms with E-state index >= 15 is 0 Å². The summed E-state index contributed by atoms with van der Waals surface area (Å²) in [6.45, 7) is 6.24. The maximum atomic E-state index is 12.6. The van der Waals surface area contributed by atoms with E-state index in [1.165, 1.54) is 5.52 Å². The molecule has 6 heteroatoms. The molecule has 0 aliphatic carbocycles. The third-order valence-corrected chi connectivity index (χ3v) is 5.27. The molecule has 6 nitrogen and oxygen atoms in total. The molecule has 1 aliphatic rings. The number of aromatic nitrogens is 2. The number of nitrogens with one attached hydrogen (secondary N) is 1. The monoisotopic (exact) mass is 372 g/mol. The quantitative estimate of drug-likeness (QED) is 0.687. The molecule has 0 spiro atoms. The van der Waals surface area contributed by atoms with Crippen LogP contribution in [0.2, 0.25) is 0 Å². The predicted octanol–water partition coefficient (Wildman–Crippen LogP) is 3.21. The van der Waals surface area contributed by atoms with Gasteiger partial charge in [0.2, 0.25) is 11.9 Å². The van der Waals surface area contributed by atoms with Crippen molar-refractivity contribution in [3.63, 3.8) is 0 Å². The number of ether oxygens (including phenoxy) is 1. The van der Waals surface area contributed by atoms with Crippen LogP contribution in [0, 0.1) is 5.92 Å². The van der Waals surface area contributed by atoms with Crippen molar-refractivity contribution in [1.29, 1.82) is 0 Å². The summed E-state index contributed by atoms with van der Waals surface area (Å²) in [6, 6.07) is 8.33. The van der Waals surface area contributed by atoms with Gasteiger partial charge in [0.15, 0.2) is 0 Å². The van der Waals surface area contributed by atoms with Gasteiger partial charge < -0.3 is 19.5 Å².